The highest BCUT2D eigenvalue weighted by Gasteiger charge is 2.42. The van der Waals surface area contributed by atoms with E-state index in [-0.39, 0.29) is 18.2 Å². The molecule has 0 heterocycles. The van der Waals surface area contributed by atoms with Crippen LogP contribution in [0.4, 0.5) is 5.69 Å². The molecule has 3 rings (SSSR count). The topological polar surface area (TPSA) is 50.7 Å². The summed E-state index contributed by atoms with van der Waals surface area (Å²) in [7, 11) is 1.72. The van der Waals surface area contributed by atoms with Crippen molar-refractivity contribution < 1.29 is 14.6 Å². The number of aromatic hydroxyl groups is 1. The van der Waals surface area contributed by atoms with Gasteiger partial charge in [0.15, 0.2) is 0 Å². The van der Waals surface area contributed by atoms with Crippen LogP contribution in [-0.4, -0.2) is 37.1 Å². The molecule has 2 aromatic rings. The van der Waals surface area contributed by atoms with Gasteiger partial charge in [-0.15, -0.1) is 0 Å². The largest absolute Gasteiger partial charge is 0.507 e. The minimum Gasteiger partial charge on any atom is -0.507 e. The number of rotatable bonds is 5. The number of ether oxygens (including phenoxy) is 2. The normalized spacial score (nSPS) is 24.8. The van der Waals surface area contributed by atoms with E-state index in [0.29, 0.717) is 12.4 Å². The van der Waals surface area contributed by atoms with Crippen LogP contribution in [0.3, 0.4) is 0 Å². The van der Waals surface area contributed by atoms with Crippen molar-refractivity contribution in [1.82, 2.24) is 0 Å². The molecule has 0 amide bonds. The van der Waals surface area contributed by atoms with E-state index in [0.717, 1.165) is 22.9 Å². The molecule has 2 aromatic carbocycles. The molecule has 1 fully saturated rings. The number of fused-ring (bicyclic) bond motifs is 1. The second kappa shape index (κ2) is 5.92. The van der Waals surface area contributed by atoms with Gasteiger partial charge in [0.25, 0.3) is 0 Å². The van der Waals surface area contributed by atoms with Crippen molar-refractivity contribution in [3.05, 3.63) is 36.4 Å². The number of hydrogen-bond donors (Lipinski definition) is 2. The molecule has 0 aliphatic heterocycles. The summed E-state index contributed by atoms with van der Waals surface area (Å²) in [4.78, 5) is 0. The molecule has 1 aliphatic rings. The average Bonchev–Trinajstić information content (AvgIpc) is 2.47. The predicted octanol–water partition coefficient (Wildman–Crippen LogP) is 3.15. The second-order valence-electron chi connectivity index (χ2n) is 5.36. The first-order chi connectivity index (χ1) is 10.2. The summed E-state index contributed by atoms with van der Waals surface area (Å²) in [6, 6.07) is 11.7. The van der Waals surface area contributed by atoms with E-state index in [1.807, 2.05) is 37.3 Å². The lowest BCUT2D eigenvalue weighted by Crippen LogP contribution is -2.56. The fourth-order valence-electron chi connectivity index (χ4n) is 3.03. The molecule has 112 valence electrons. The van der Waals surface area contributed by atoms with Crippen molar-refractivity contribution in [2.75, 3.05) is 19.0 Å². The molecule has 4 heteroatoms. The lowest BCUT2D eigenvalue weighted by Gasteiger charge is -2.43. The Balaban J connectivity index is 1.81. The summed E-state index contributed by atoms with van der Waals surface area (Å²) < 4.78 is 11.2. The Hall–Kier alpha value is -1.78. The minimum absolute atomic E-state index is 0.0671. The van der Waals surface area contributed by atoms with Gasteiger partial charge in [-0.25, -0.2) is 0 Å². The first-order valence-corrected chi connectivity index (χ1v) is 7.36. The quantitative estimate of drug-likeness (QED) is 0.887. The third-order valence-corrected chi connectivity index (χ3v) is 4.14. The standard InChI is InChI=1S/C17H21NO3/c1-3-21-16-10-14(17(16)20-2)18-13-8-4-7-12-11(13)6-5-9-15(12)19/h4-9,14,16-19H,3,10H2,1-2H3. The summed E-state index contributed by atoms with van der Waals surface area (Å²) >= 11 is 0. The molecule has 0 saturated heterocycles. The second-order valence-corrected chi connectivity index (χ2v) is 5.36. The Labute approximate surface area is 124 Å². The fourth-order valence-corrected chi connectivity index (χ4v) is 3.03. The van der Waals surface area contributed by atoms with Gasteiger partial charge in [0, 0.05) is 30.2 Å². The Morgan fingerprint density at radius 3 is 2.71 bits per heavy atom. The van der Waals surface area contributed by atoms with Gasteiger partial charge in [-0.3, -0.25) is 0 Å². The Morgan fingerprint density at radius 1 is 1.19 bits per heavy atom. The molecule has 3 atom stereocenters. The molecule has 1 saturated carbocycles. The smallest absolute Gasteiger partial charge is 0.123 e. The maximum atomic E-state index is 9.94. The van der Waals surface area contributed by atoms with Crippen molar-refractivity contribution in [3.63, 3.8) is 0 Å². The van der Waals surface area contributed by atoms with Crippen molar-refractivity contribution in [1.29, 1.82) is 0 Å². The Bertz CT molecular complexity index is 628. The highest BCUT2D eigenvalue weighted by Crippen LogP contribution is 2.34. The van der Waals surface area contributed by atoms with Gasteiger partial charge in [0.1, 0.15) is 11.9 Å². The Morgan fingerprint density at radius 2 is 1.95 bits per heavy atom. The number of benzene rings is 2. The van der Waals surface area contributed by atoms with Crippen LogP contribution in [0.25, 0.3) is 10.8 Å². The minimum atomic E-state index is 0.0671. The lowest BCUT2D eigenvalue weighted by atomic mass is 9.84. The van der Waals surface area contributed by atoms with Gasteiger partial charge < -0.3 is 19.9 Å². The Kier molecular flexibility index (Phi) is 3.99. The highest BCUT2D eigenvalue weighted by atomic mass is 16.5. The van der Waals surface area contributed by atoms with Crippen LogP contribution in [0.2, 0.25) is 0 Å². The van der Waals surface area contributed by atoms with Crippen molar-refractivity contribution in [2.24, 2.45) is 0 Å². The maximum absolute atomic E-state index is 9.94. The van der Waals surface area contributed by atoms with Crippen LogP contribution in [0, 0.1) is 0 Å². The number of hydrogen-bond acceptors (Lipinski definition) is 4. The summed E-state index contributed by atoms with van der Waals surface area (Å²) in [5.74, 6) is 0.306. The molecule has 0 spiro atoms. The van der Waals surface area contributed by atoms with E-state index in [1.165, 1.54) is 0 Å². The molecule has 0 radical (unpaired) electrons. The maximum Gasteiger partial charge on any atom is 0.123 e. The van der Waals surface area contributed by atoms with E-state index < -0.39 is 0 Å². The van der Waals surface area contributed by atoms with Gasteiger partial charge in [-0.05, 0) is 25.5 Å². The summed E-state index contributed by atoms with van der Waals surface area (Å²) in [5.41, 5.74) is 1.02. The molecule has 1 aliphatic carbocycles. The zero-order valence-electron chi connectivity index (χ0n) is 12.4. The molecule has 2 N–H and O–H groups in total. The van der Waals surface area contributed by atoms with Crippen molar-refractivity contribution in [3.8, 4) is 5.75 Å². The summed E-state index contributed by atoms with van der Waals surface area (Å²) in [6.07, 6.45) is 1.17. The molecular weight excluding hydrogens is 266 g/mol. The number of nitrogens with one attached hydrogen (secondary N) is 1. The summed E-state index contributed by atoms with van der Waals surface area (Å²) in [5, 5.41) is 15.3. The van der Waals surface area contributed by atoms with Gasteiger partial charge in [-0.2, -0.15) is 0 Å². The van der Waals surface area contributed by atoms with E-state index >= 15 is 0 Å². The molecule has 4 nitrogen and oxygen atoms in total. The van der Waals surface area contributed by atoms with Crippen LogP contribution < -0.4 is 5.32 Å². The monoisotopic (exact) mass is 287 g/mol. The van der Waals surface area contributed by atoms with E-state index in [2.05, 4.69) is 5.32 Å². The van der Waals surface area contributed by atoms with Gasteiger partial charge in [-0.1, -0.05) is 24.3 Å². The fraction of sp³-hybridized carbons (Fsp3) is 0.412. The van der Waals surface area contributed by atoms with Gasteiger partial charge in [0.2, 0.25) is 0 Å². The number of phenolic OH excluding ortho intramolecular Hbond substituents is 1. The molecule has 0 aromatic heterocycles. The van der Waals surface area contributed by atoms with Crippen molar-refractivity contribution in [2.45, 2.75) is 31.6 Å². The van der Waals surface area contributed by atoms with E-state index in [9.17, 15) is 5.11 Å². The van der Waals surface area contributed by atoms with E-state index in [4.69, 9.17) is 9.47 Å². The number of methoxy groups -OCH3 is 1. The first kappa shape index (κ1) is 14.2. The van der Waals surface area contributed by atoms with Crippen LogP contribution in [0.1, 0.15) is 13.3 Å². The lowest BCUT2D eigenvalue weighted by molar-refractivity contribution is -0.117. The summed E-state index contributed by atoms with van der Waals surface area (Å²) in [6.45, 7) is 2.71. The zero-order valence-corrected chi connectivity index (χ0v) is 12.4. The van der Waals surface area contributed by atoms with Crippen LogP contribution in [0.5, 0.6) is 5.75 Å². The van der Waals surface area contributed by atoms with E-state index in [1.54, 1.807) is 13.2 Å². The number of anilines is 1. The van der Waals surface area contributed by atoms with Crippen LogP contribution >= 0.6 is 0 Å². The van der Waals surface area contributed by atoms with Crippen molar-refractivity contribution >= 4 is 16.5 Å². The van der Waals surface area contributed by atoms with Gasteiger partial charge in [0.05, 0.1) is 12.1 Å². The van der Waals surface area contributed by atoms with Crippen LogP contribution in [0.15, 0.2) is 36.4 Å². The third kappa shape index (κ3) is 2.57. The highest BCUT2D eigenvalue weighted by molar-refractivity contribution is 5.97. The molecule has 3 unspecified atom stereocenters. The van der Waals surface area contributed by atoms with Crippen LogP contribution in [-0.2, 0) is 9.47 Å². The average molecular weight is 287 g/mol. The zero-order chi connectivity index (χ0) is 14.8. The molecule has 21 heavy (non-hydrogen) atoms. The molecule has 0 bridgehead atoms. The molecular formula is C17H21NO3. The number of phenols is 1. The van der Waals surface area contributed by atoms with Gasteiger partial charge >= 0.3 is 0 Å². The SMILES string of the molecule is CCOC1CC(Nc2cccc3c(O)cccc23)C1OC. The first-order valence-electron chi connectivity index (χ1n) is 7.36. The predicted molar refractivity (Wildman–Crippen MR) is 83.9 cm³/mol. The third-order valence-electron chi connectivity index (χ3n) is 4.14.